The van der Waals surface area contributed by atoms with Crippen molar-refractivity contribution in [2.45, 2.75) is 26.1 Å². The molecule has 0 radical (unpaired) electrons. The molecule has 0 unspecified atom stereocenters. The molecule has 1 heterocycles. The van der Waals surface area contributed by atoms with Crippen LogP contribution in [-0.2, 0) is 14.1 Å². The number of aryl methyl sites for hydroxylation is 2. The standard InChI is InChI=1S/C9H18BN2S/c1-9(2,3)10(13)8-11(4)6-7-12(8)5/h6-7,13H,1-5H3/q+1. The lowest BCUT2D eigenvalue weighted by Gasteiger charge is -2.20. The lowest BCUT2D eigenvalue weighted by Crippen LogP contribution is -2.56. The van der Waals surface area contributed by atoms with Crippen LogP contribution in [0, 0.1) is 0 Å². The van der Waals surface area contributed by atoms with Gasteiger partial charge >= 0.3 is 5.99 Å². The van der Waals surface area contributed by atoms with E-state index in [0.717, 1.165) is 0 Å². The van der Waals surface area contributed by atoms with Crippen molar-refractivity contribution in [1.29, 1.82) is 0 Å². The second-order valence-corrected chi connectivity index (χ2v) is 5.16. The molecule has 0 saturated heterocycles. The predicted octanol–water partition coefficient (Wildman–Crippen LogP) is 0.778. The zero-order valence-corrected chi connectivity index (χ0v) is 9.97. The zero-order valence-electron chi connectivity index (χ0n) is 9.07. The summed E-state index contributed by atoms with van der Waals surface area (Å²) in [5.74, 6) is 0.262. The van der Waals surface area contributed by atoms with Crippen LogP contribution in [0.5, 0.6) is 0 Å². The molecule has 0 amide bonds. The molecule has 0 saturated carbocycles. The maximum Gasteiger partial charge on any atom is 0.350 e. The Labute approximate surface area is 86.3 Å². The lowest BCUT2D eigenvalue weighted by molar-refractivity contribution is -0.653. The van der Waals surface area contributed by atoms with Crippen LogP contribution in [0.4, 0.5) is 0 Å². The smallest absolute Gasteiger partial charge is 0.246 e. The minimum absolute atomic E-state index is 0.187. The van der Waals surface area contributed by atoms with Crippen LogP contribution in [0.25, 0.3) is 0 Å². The van der Waals surface area contributed by atoms with E-state index in [1.807, 2.05) is 0 Å². The summed E-state index contributed by atoms with van der Waals surface area (Å²) >= 11 is 4.66. The highest BCUT2D eigenvalue weighted by molar-refractivity contribution is 8.12. The molecule has 0 aliphatic rings. The summed E-state index contributed by atoms with van der Waals surface area (Å²) < 4.78 is 4.26. The molecule has 1 aromatic rings. The minimum Gasteiger partial charge on any atom is -0.246 e. The third-order valence-corrected chi connectivity index (χ3v) is 3.31. The van der Waals surface area contributed by atoms with E-state index >= 15 is 0 Å². The molecule has 1 rings (SSSR count). The molecule has 1 aromatic heterocycles. The van der Waals surface area contributed by atoms with Crippen LogP contribution in [0.15, 0.2) is 12.4 Å². The first-order valence-corrected chi connectivity index (χ1v) is 5.04. The maximum atomic E-state index is 4.66. The normalized spacial score (nSPS) is 11.8. The van der Waals surface area contributed by atoms with Crippen LogP contribution in [0.2, 0.25) is 5.31 Å². The second kappa shape index (κ2) is 3.41. The Bertz CT molecular complexity index is 282. The van der Waals surface area contributed by atoms with Gasteiger partial charge in [0.05, 0.1) is 14.1 Å². The number of thiol groups is 1. The fourth-order valence-corrected chi connectivity index (χ4v) is 1.74. The Balaban J connectivity index is 3.08. The molecule has 0 N–H and O–H groups in total. The van der Waals surface area contributed by atoms with Gasteiger partial charge in [-0.25, -0.2) is 21.6 Å². The number of aromatic nitrogens is 2. The summed E-state index contributed by atoms with van der Waals surface area (Å²) in [4.78, 5) is 0. The van der Waals surface area contributed by atoms with Crippen molar-refractivity contribution in [3.8, 4) is 0 Å². The van der Waals surface area contributed by atoms with Crippen molar-refractivity contribution in [2.75, 3.05) is 0 Å². The van der Waals surface area contributed by atoms with Gasteiger partial charge in [0.25, 0.3) is 0 Å². The van der Waals surface area contributed by atoms with Crippen molar-refractivity contribution in [1.82, 2.24) is 4.57 Å². The van der Waals surface area contributed by atoms with E-state index in [0.29, 0.717) is 0 Å². The summed E-state index contributed by atoms with van der Waals surface area (Å²) in [6.45, 7) is 6.62. The highest BCUT2D eigenvalue weighted by atomic mass is 32.1. The van der Waals surface area contributed by atoms with Crippen LogP contribution in [0.1, 0.15) is 20.8 Å². The van der Waals surface area contributed by atoms with E-state index in [-0.39, 0.29) is 11.3 Å². The van der Waals surface area contributed by atoms with Crippen molar-refractivity contribution in [2.24, 2.45) is 14.1 Å². The quantitative estimate of drug-likeness (QED) is 0.387. The van der Waals surface area contributed by atoms with Crippen molar-refractivity contribution < 1.29 is 4.57 Å². The first-order chi connectivity index (χ1) is 5.84. The average Bonchev–Trinajstić information content (AvgIpc) is 2.28. The summed E-state index contributed by atoms with van der Waals surface area (Å²) in [5.41, 5.74) is 1.25. The van der Waals surface area contributed by atoms with Gasteiger partial charge in [-0.05, 0) is 5.31 Å². The van der Waals surface area contributed by atoms with Crippen LogP contribution < -0.4 is 10.3 Å². The number of rotatable bonds is 1. The molecule has 4 heteroatoms. The molecule has 13 heavy (non-hydrogen) atoms. The van der Waals surface area contributed by atoms with Crippen LogP contribution in [0.3, 0.4) is 0 Å². The molecular formula is C9H18BN2S+. The molecule has 0 aliphatic heterocycles. The van der Waals surface area contributed by atoms with Gasteiger partial charge in [0.1, 0.15) is 12.4 Å². The van der Waals surface area contributed by atoms with E-state index < -0.39 is 0 Å². The Morgan fingerprint density at radius 1 is 1.46 bits per heavy atom. The van der Waals surface area contributed by atoms with Crippen molar-refractivity contribution in [3.63, 3.8) is 0 Å². The fraction of sp³-hybridized carbons (Fsp3) is 0.667. The largest absolute Gasteiger partial charge is 0.350 e. The summed E-state index contributed by atoms with van der Waals surface area (Å²) in [5, 5.41) is 0.187. The van der Waals surface area contributed by atoms with Crippen molar-refractivity contribution in [3.05, 3.63) is 12.4 Å². The SMILES string of the molecule is Cn1cc[n+](C)c1B(S)C(C)(C)C. The van der Waals surface area contributed by atoms with E-state index in [1.54, 1.807) is 0 Å². The number of hydrogen-bond acceptors (Lipinski definition) is 1. The number of imidazole rings is 1. The average molecular weight is 197 g/mol. The third kappa shape index (κ3) is 2.10. The van der Waals surface area contributed by atoms with E-state index in [2.05, 4.69) is 68.9 Å². The Morgan fingerprint density at radius 2 is 2.00 bits per heavy atom. The van der Waals surface area contributed by atoms with Gasteiger partial charge in [0.2, 0.25) is 5.72 Å². The monoisotopic (exact) mass is 197 g/mol. The molecule has 0 aliphatic carbocycles. The van der Waals surface area contributed by atoms with Gasteiger partial charge in [0.15, 0.2) is 0 Å². The second-order valence-electron chi connectivity index (χ2n) is 4.65. The lowest BCUT2D eigenvalue weighted by atomic mass is 9.52. The van der Waals surface area contributed by atoms with E-state index in [9.17, 15) is 0 Å². The molecule has 0 spiro atoms. The van der Waals surface area contributed by atoms with E-state index in [1.165, 1.54) is 5.72 Å². The molecular weight excluding hydrogens is 179 g/mol. The van der Waals surface area contributed by atoms with Gasteiger partial charge < -0.3 is 0 Å². The maximum absolute atomic E-state index is 4.66. The Kier molecular flexibility index (Phi) is 2.81. The van der Waals surface area contributed by atoms with Crippen molar-refractivity contribution >= 4 is 24.2 Å². The summed E-state index contributed by atoms with van der Waals surface area (Å²) in [6, 6.07) is 0. The van der Waals surface area contributed by atoms with Crippen LogP contribution in [-0.4, -0.2) is 10.6 Å². The summed E-state index contributed by atoms with van der Waals surface area (Å²) in [6.07, 6.45) is 4.12. The van der Waals surface area contributed by atoms with Gasteiger partial charge in [-0.1, -0.05) is 20.8 Å². The molecule has 0 bridgehead atoms. The Morgan fingerprint density at radius 3 is 2.31 bits per heavy atom. The molecule has 0 aromatic carbocycles. The first kappa shape index (κ1) is 10.7. The Hall–Kier alpha value is -0.375. The van der Waals surface area contributed by atoms with E-state index in [4.69, 9.17) is 0 Å². The van der Waals surface area contributed by atoms with Gasteiger partial charge in [-0.2, -0.15) is 0 Å². The first-order valence-electron chi connectivity index (χ1n) is 4.53. The highest BCUT2D eigenvalue weighted by Gasteiger charge is 2.36. The topological polar surface area (TPSA) is 8.81 Å². The number of nitrogens with zero attached hydrogens (tertiary/aromatic N) is 2. The summed E-state index contributed by atoms with van der Waals surface area (Å²) in [7, 11) is 4.12. The third-order valence-electron chi connectivity index (χ3n) is 2.30. The molecule has 2 nitrogen and oxygen atoms in total. The molecule has 0 atom stereocenters. The van der Waals surface area contributed by atoms with Gasteiger partial charge in [-0.3, -0.25) is 0 Å². The minimum atomic E-state index is 0.187. The molecule has 0 fully saturated rings. The number of hydrogen-bond donors (Lipinski definition) is 1. The fourth-order valence-electron chi connectivity index (χ4n) is 1.37. The predicted molar refractivity (Wildman–Crippen MR) is 60.7 cm³/mol. The van der Waals surface area contributed by atoms with Crippen LogP contribution >= 0.6 is 12.5 Å². The van der Waals surface area contributed by atoms with Gasteiger partial charge in [0, 0.05) is 0 Å². The molecule has 72 valence electrons. The van der Waals surface area contributed by atoms with Gasteiger partial charge in [-0.15, -0.1) is 0 Å². The zero-order chi connectivity index (χ0) is 10.2. The highest BCUT2D eigenvalue weighted by Crippen LogP contribution is 2.27.